The molecule has 0 saturated heterocycles. The molecule has 2 atom stereocenters. The van der Waals surface area contributed by atoms with Gasteiger partial charge in [-0.05, 0) is 17.9 Å². The van der Waals surface area contributed by atoms with E-state index >= 15 is 0 Å². The maximum Gasteiger partial charge on any atom is 0.306 e. The Morgan fingerprint density at radius 3 is 2.73 bits per heavy atom. The van der Waals surface area contributed by atoms with Gasteiger partial charge in [-0.15, -0.1) is 0 Å². The lowest BCUT2D eigenvalue weighted by Gasteiger charge is -2.02. The minimum atomic E-state index is -0.691. The van der Waals surface area contributed by atoms with Crippen LogP contribution in [0.2, 0.25) is 0 Å². The standard InChI is InChI=1S/C12H14O3/c13-12(14)11-6-10(11)8-15-7-9-4-2-1-3-5-9/h1-5,10-11H,6-8H2,(H,13,14)/t10-,11+/m0/s1. The van der Waals surface area contributed by atoms with Crippen LogP contribution >= 0.6 is 0 Å². The molecule has 15 heavy (non-hydrogen) atoms. The highest BCUT2D eigenvalue weighted by atomic mass is 16.5. The van der Waals surface area contributed by atoms with Crippen LogP contribution in [0.3, 0.4) is 0 Å². The average Bonchev–Trinajstić information content (AvgIpc) is 2.99. The quantitative estimate of drug-likeness (QED) is 0.800. The number of hydrogen-bond donors (Lipinski definition) is 1. The maximum absolute atomic E-state index is 10.5. The van der Waals surface area contributed by atoms with Gasteiger partial charge in [-0.25, -0.2) is 0 Å². The van der Waals surface area contributed by atoms with Crippen LogP contribution in [0, 0.1) is 11.8 Å². The highest BCUT2D eigenvalue weighted by Gasteiger charge is 2.43. The summed E-state index contributed by atoms with van der Waals surface area (Å²) in [6.45, 7) is 1.13. The Balaban J connectivity index is 1.67. The topological polar surface area (TPSA) is 46.5 Å². The van der Waals surface area contributed by atoms with Gasteiger partial charge in [0.15, 0.2) is 0 Å². The van der Waals surface area contributed by atoms with Crippen LogP contribution in [0.5, 0.6) is 0 Å². The van der Waals surface area contributed by atoms with Crippen molar-refractivity contribution in [3.63, 3.8) is 0 Å². The van der Waals surface area contributed by atoms with Gasteiger partial charge in [0.05, 0.1) is 19.1 Å². The molecule has 1 saturated carbocycles. The molecule has 0 radical (unpaired) electrons. The molecule has 1 aromatic carbocycles. The Kier molecular flexibility index (Phi) is 3.02. The third-order valence-corrected chi connectivity index (χ3v) is 2.68. The van der Waals surface area contributed by atoms with Gasteiger partial charge < -0.3 is 9.84 Å². The second-order valence-electron chi connectivity index (χ2n) is 3.94. The van der Waals surface area contributed by atoms with Gasteiger partial charge in [-0.3, -0.25) is 4.79 Å². The van der Waals surface area contributed by atoms with E-state index in [1.807, 2.05) is 30.3 Å². The van der Waals surface area contributed by atoms with E-state index in [1.54, 1.807) is 0 Å². The molecule has 0 aromatic heterocycles. The zero-order valence-electron chi connectivity index (χ0n) is 8.43. The summed E-state index contributed by atoms with van der Waals surface area (Å²) in [5.41, 5.74) is 1.13. The van der Waals surface area contributed by atoms with Gasteiger partial charge in [-0.1, -0.05) is 30.3 Å². The van der Waals surface area contributed by atoms with Crippen molar-refractivity contribution < 1.29 is 14.6 Å². The second kappa shape index (κ2) is 4.45. The van der Waals surface area contributed by atoms with Crippen molar-refractivity contribution in [3.8, 4) is 0 Å². The van der Waals surface area contributed by atoms with Crippen molar-refractivity contribution in [2.75, 3.05) is 6.61 Å². The van der Waals surface area contributed by atoms with Crippen molar-refractivity contribution in [1.82, 2.24) is 0 Å². The highest BCUT2D eigenvalue weighted by molar-refractivity contribution is 5.73. The molecule has 0 amide bonds. The number of rotatable bonds is 5. The first-order chi connectivity index (χ1) is 7.27. The summed E-state index contributed by atoms with van der Waals surface area (Å²) >= 11 is 0. The first-order valence-corrected chi connectivity index (χ1v) is 5.12. The molecule has 1 fully saturated rings. The first kappa shape index (κ1) is 10.2. The fraction of sp³-hybridized carbons (Fsp3) is 0.417. The minimum absolute atomic E-state index is 0.166. The van der Waals surface area contributed by atoms with Crippen molar-refractivity contribution in [2.45, 2.75) is 13.0 Å². The lowest BCUT2D eigenvalue weighted by molar-refractivity contribution is -0.139. The molecule has 1 N–H and O–H groups in total. The summed E-state index contributed by atoms with van der Waals surface area (Å²) in [4.78, 5) is 10.5. The highest BCUT2D eigenvalue weighted by Crippen LogP contribution is 2.38. The van der Waals surface area contributed by atoms with Crippen molar-refractivity contribution in [3.05, 3.63) is 35.9 Å². The number of carboxylic acids is 1. The molecule has 1 aliphatic carbocycles. The molecule has 3 heteroatoms. The molecule has 3 nitrogen and oxygen atoms in total. The third-order valence-electron chi connectivity index (χ3n) is 2.68. The molecule has 0 bridgehead atoms. The number of aliphatic carboxylic acids is 1. The summed E-state index contributed by atoms with van der Waals surface area (Å²) in [7, 11) is 0. The number of carboxylic acid groups (broad SMARTS) is 1. The van der Waals surface area contributed by atoms with Crippen LogP contribution in [-0.4, -0.2) is 17.7 Å². The predicted octanol–water partition coefficient (Wildman–Crippen LogP) is 1.92. The van der Waals surface area contributed by atoms with Crippen LogP contribution in [-0.2, 0) is 16.1 Å². The molecule has 0 aliphatic heterocycles. The zero-order valence-corrected chi connectivity index (χ0v) is 8.43. The molecule has 0 spiro atoms. The Morgan fingerprint density at radius 2 is 2.13 bits per heavy atom. The molecule has 1 aromatic rings. The molecule has 0 unspecified atom stereocenters. The molecule has 0 heterocycles. The fourth-order valence-corrected chi connectivity index (χ4v) is 1.64. The zero-order chi connectivity index (χ0) is 10.7. The molecule has 1 aliphatic rings. The van der Waals surface area contributed by atoms with Crippen LogP contribution in [0.1, 0.15) is 12.0 Å². The van der Waals surface area contributed by atoms with Crippen LogP contribution in [0.15, 0.2) is 30.3 Å². The SMILES string of the molecule is O=C(O)[C@@H]1C[C@H]1COCc1ccccc1. The Morgan fingerprint density at radius 1 is 1.40 bits per heavy atom. The van der Waals surface area contributed by atoms with Gasteiger partial charge >= 0.3 is 5.97 Å². The third kappa shape index (κ3) is 2.80. The maximum atomic E-state index is 10.5. The monoisotopic (exact) mass is 206 g/mol. The van der Waals surface area contributed by atoms with Gasteiger partial charge in [0.1, 0.15) is 0 Å². The molecular weight excluding hydrogens is 192 g/mol. The Labute approximate surface area is 88.7 Å². The molecular formula is C12H14O3. The van der Waals surface area contributed by atoms with E-state index in [1.165, 1.54) is 0 Å². The number of ether oxygens (including phenoxy) is 1. The fourth-order valence-electron chi connectivity index (χ4n) is 1.64. The van der Waals surface area contributed by atoms with E-state index in [4.69, 9.17) is 9.84 Å². The van der Waals surface area contributed by atoms with Crippen molar-refractivity contribution in [2.24, 2.45) is 11.8 Å². The van der Waals surface area contributed by atoms with Gasteiger partial charge in [-0.2, -0.15) is 0 Å². The first-order valence-electron chi connectivity index (χ1n) is 5.12. The Bertz CT molecular complexity index is 334. The molecule has 2 rings (SSSR count). The van der Waals surface area contributed by atoms with Crippen molar-refractivity contribution in [1.29, 1.82) is 0 Å². The van der Waals surface area contributed by atoms with Gasteiger partial charge in [0, 0.05) is 0 Å². The van der Waals surface area contributed by atoms with E-state index < -0.39 is 5.97 Å². The summed E-state index contributed by atoms with van der Waals surface area (Å²) < 4.78 is 5.46. The second-order valence-corrected chi connectivity index (χ2v) is 3.94. The summed E-state index contributed by atoms with van der Waals surface area (Å²) in [6, 6.07) is 9.90. The molecule has 80 valence electrons. The van der Waals surface area contributed by atoms with Gasteiger partial charge in [0.25, 0.3) is 0 Å². The Hall–Kier alpha value is -1.35. The summed E-state index contributed by atoms with van der Waals surface area (Å²) in [5.74, 6) is -0.629. The van der Waals surface area contributed by atoms with Crippen LogP contribution < -0.4 is 0 Å². The van der Waals surface area contributed by atoms with Gasteiger partial charge in [0.2, 0.25) is 0 Å². The van der Waals surface area contributed by atoms with E-state index in [9.17, 15) is 4.79 Å². The lowest BCUT2D eigenvalue weighted by atomic mass is 10.2. The van der Waals surface area contributed by atoms with E-state index in [0.717, 1.165) is 12.0 Å². The van der Waals surface area contributed by atoms with E-state index in [-0.39, 0.29) is 11.8 Å². The lowest BCUT2D eigenvalue weighted by Crippen LogP contribution is -2.04. The largest absolute Gasteiger partial charge is 0.481 e. The van der Waals surface area contributed by atoms with E-state index in [0.29, 0.717) is 13.2 Å². The minimum Gasteiger partial charge on any atom is -0.481 e. The normalized spacial score (nSPS) is 23.7. The van der Waals surface area contributed by atoms with Crippen LogP contribution in [0.4, 0.5) is 0 Å². The smallest absolute Gasteiger partial charge is 0.306 e. The predicted molar refractivity (Wildman–Crippen MR) is 55.3 cm³/mol. The number of hydrogen-bond acceptors (Lipinski definition) is 2. The number of carbonyl (C=O) groups is 1. The van der Waals surface area contributed by atoms with Crippen LogP contribution in [0.25, 0.3) is 0 Å². The average molecular weight is 206 g/mol. The number of benzene rings is 1. The van der Waals surface area contributed by atoms with Crippen molar-refractivity contribution >= 4 is 5.97 Å². The summed E-state index contributed by atoms with van der Waals surface area (Å²) in [5, 5.41) is 8.68. The van der Waals surface area contributed by atoms with E-state index in [2.05, 4.69) is 0 Å². The summed E-state index contributed by atoms with van der Waals surface area (Å²) in [6.07, 6.45) is 0.768.